The Bertz CT molecular complexity index is 750. The van der Waals surface area contributed by atoms with Gasteiger partial charge >= 0.3 is 0 Å². The Morgan fingerprint density at radius 1 is 1.30 bits per heavy atom. The monoisotopic (exact) mass is 373 g/mol. The van der Waals surface area contributed by atoms with Gasteiger partial charge in [0.2, 0.25) is 0 Å². The van der Waals surface area contributed by atoms with Crippen molar-refractivity contribution in [1.82, 2.24) is 19.6 Å². The fourth-order valence-corrected chi connectivity index (χ4v) is 3.47. The van der Waals surface area contributed by atoms with Crippen LogP contribution in [0.5, 0.6) is 0 Å². The van der Waals surface area contributed by atoms with Crippen LogP contribution in [0.3, 0.4) is 0 Å². The Balaban J connectivity index is 1.47. The molecule has 1 fully saturated rings. The van der Waals surface area contributed by atoms with Gasteiger partial charge in [0.1, 0.15) is 5.65 Å². The van der Waals surface area contributed by atoms with Gasteiger partial charge in [-0.15, -0.1) is 0 Å². The summed E-state index contributed by atoms with van der Waals surface area (Å²) in [5, 5.41) is 3.45. The van der Waals surface area contributed by atoms with E-state index in [9.17, 15) is 0 Å². The molecule has 0 saturated carbocycles. The number of piperidine rings is 1. The number of methoxy groups -OCH3 is 1. The molecule has 7 nitrogen and oxygen atoms in total. The highest BCUT2D eigenvalue weighted by Gasteiger charge is 2.21. The van der Waals surface area contributed by atoms with Crippen molar-refractivity contribution in [2.24, 2.45) is 4.99 Å². The zero-order chi connectivity index (χ0) is 19.1. The quantitative estimate of drug-likeness (QED) is 0.458. The fraction of sp³-hybridized carbons (Fsp3) is 0.600. The van der Waals surface area contributed by atoms with E-state index in [0.717, 1.165) is 62.9 Å². The van der Waals surface area contributed by atoms with Gasteiger partial charge in [-0.25, -0.2) is 4.98 Å². The van der Waals surface area contributed by atoms with Gasteiger partial charge in [-0.05, 0) is 38.3 Å². The maximum absolute atomic E-state index is 5.94. The molecule has 2 aromatic rings. The van der Waals surface area contributed by atoms with Crippen molar-refractivity contribution < 1.29 is 9.47 Å². The van der Waals surface area contributed by atoms with Crippen molar-refractivity contribution in [3.63, 3.8) is 0 Å². The van der Waals surface area contributed by atoms with Crippen molar-refractivity contribution in [2.75, 3.05) is 40.5 Å². The van der Waals surface area contributed by atoms with Crippen LogP contribution in [-0.4, -0.2) is 66.8 Å². The second-order valence-electron chi connectivity index (χ2n) is 6.93. The Morgan fingerprint density at radius 2 is 2.11 bits per heavy atom. The normalized spacial score (nSPS) is 16.3. The van der Waals surface area contributed by atoms with E-state index in [-0.39, 0.29) is 0 Å². The molecule has 1 saturated heterocycles. The highest BCUT2D eigenvalue weighted by atomic mass is 16.5. The third kappa shape index (κ3) is 5.20. The second-order valence-corrected chi connectivity index (χ2v) is 6.93. The minimum Gasteiger partial charge on any atom is -0.385 e. The van der Waals surface area contributed by atoms with E-state index in [1.165, 1.54) is 5.69 Å². The molecule has 0 aromatic carbocycles. The summed E-state index contributed by atoms with van der Waals surface area (Å²) in [5.41, 5.74) is 3.18. The number of nitrogens with one attached hydrogen (secondary N) is 1. The van der Waals surface area contributed by atoms with Gasteiger partial charge in [0.25, 0.3) is 0 Å². The van der Waals surface area contributed by atoms with Crippen molar-refractivity contribution >= 4 is 11.6 Å². The van der Waals surface area contributed by atoms with E-state index < -0.39 is 0 Å². The van der Waals surface area contributed by atoms with Gasteiger partial charge in [0.05, 0.1) is 18.3 Å². The first kappa shape index (κ1) is 19.6. The van der Waals surface area contributed by atoms with Crippen molar-refractivity contribution in [2.45, 2.75) is 38.8 Å². The predicted molar refractivity (Wildman–Crippen MR) is 107 cm³/mol. The lowest BCUT2D eigenvalue weighted by Crippen LogP contribution is -2.46. The van der Waals surface area contributed by atoms with Crippen LogP contribution in [-0.2, 0) is 16.0 Å². The van der Waals surface area contributed by atoms with Crippen LogP contribution in [0.1, 0.15) is 30.7 Å². The summed E-state index contributed by atoms with van der Waals surface area (Å²) in [6, 6.07) is 6.16. The van der Waals surface area contributed by atoms with E-state index >= 15 is 0 Å². The van der Waals surface area contributed by atoms with E-state index in [1.54, 1.807) is 7.11 Å². The number of aromatic nitrogens is 2. The molecule has 1 aliphatic heterocycles. The van der Waals surface area contributed by atoms with Gasteiger partial charge in [-0.2, -0.15) is 0 Å². The van der Waals surface area contributed by atoms with E-state index in [1.807, 2.05) is 19.2 Å². The molecule has 0 aliphatic carbocycles. The van der Waals surface area contributed by atoms with Crippen LogP contribution in [0, 0.1) is 6.92 Å². The minimum absolute atomic E-state index is 0.345. The average molecular weight is 374 g/mol. The van der Waals surface area contributed by atoms with E-state index in [2.05, 4.69) is 43.8 Å². The van der Waals surface area contributed by atoms with Gasteiger partial charge in [0.15, 0.2) is 5.96 Å². The number of aryl methyl sites for hydroxylation is 1. The molecule has 1 N–H and O–H groups in total. The zero-order valence-electron chi connectivity index (χ0n) is 16.6. The Kier molecular flexibility index (Phi) is 7.06. The van der Waals surface area contributed by atoms with Crippen molar-refractivity contribution in [3.8, 4) is 0 Å². The summed E-state index contributed by atoms with van der Waals surface area (Å²) in [6.45, 7) is 6.21. The third-order valence-corrected chi connectivity index (χ3v) is 4.97. The number of nitrogens with zero attached hydrogens (tertiary/aromatic N) is 4. The number of aliphatic imine (C=N–C) groups is 1. The van der Waals surface area contributed by atoms with Gasteiger partial charge in [0, 0.05) is 52.4 Å². The first-order chi connectivity index (χ1) is 13.2. The maximum atomic E-state index is 5.94. The number of imidazole rings is 1. The molecule has 0 bridgehead atoms. The van der Waals surface area contributed by atoms with Crippen LogP contribution in [0.15, 0.2) is 29.4 Å². The van der Waals surface area contributed by atoms with Gasteiger partial charge in [-0.1, -0.05) is 6.07 Å². The Labute approximate surface area is 161 Å². The largest absolute Gasteiger partial charge is 0.385 e. The number of likely N-dealkylation sites (tertiary alicyclic amines) is 1. The second kappa shape index (κ2) is 9.71. The molecule has 0 amide bonds. The van der Waals surface area contributed by atoms with Crippen LogP contribution < -0.4 is 5.32 Å². The molecule has 2 aromatic heterocycles. The summed E-state index contributed by atoms with van der Waals surface area (Å²) in [7, 11) is 3.56. The van der Waals surface area contributed by atoms with Gasteiger partial charge in [-0.3, -0.25) is 4.99 Å². The number of hydrogen-bond donors (Lipinski definition) is 1. The standard InChI is InChI=1S/C20H31N5O2/c1-16-6-4-7-19-23-17(15-25(16)19)14-22-20(21-2)24-10-8-18(9-11-24)27-13-5-12-26-3/h4,6-7,15,18H,5,8-14H2,1-3H3,(H,21,22). The molecule has 0 atom stereocenters. The SMILES string of the molecule is CN=C(NCc1cn2c(C)cccc2n1)N1CCC(OCCCOC)CC1. The molecule has 27 heavy (non-hydrogen) atoms. The summed E-state index contributed by atoms with van der Waals surface area (Å²) in [5.74, 6) is 0.932. The molecule has 0 spiro atoms. The summed E-state index contributed by atoms with van der Waals surface area (Å²) < 4.78 is 13.1. The molecular formula is C20H31N5O2. The molecule has 148 valence electrons. The van der Waals surface area contributed by atoms with Crippen LogP contribution in [0.2, 0.25) is 0 Å². The summed E-state index contributed by atoms with van der Waals surface area (Å²) >= 11 is 0. The first-order valence-corrected chi connectivity index (χ1v) is 9.71. The highest BCUT2D eigenvalue weighted by molar-refractivity contribution is 5.79. The molecule has 3 heterocycles. The number of hydrogen-bond acceptors (Lipinski definition) is 4. The minimum atomic E-state index is 0.345. The van der Waals surface area contributed by atoms with Crippen molar-refractivity contribution in [3.05, 3.63) is 35.8 Å². The maximum Gasteiger partial charge on any atom is 0.193 e. The lowest BCUT2D eigenvalue weighted by Gasteiger charge is -2.34. The Morgan fingerprint density at radius 3 is 2.81 bits per heavy atom. The van der Waals surface area contributed by atoms with Crippen LogP contribution in [0.25, 0.3) is 5.65 Å². The molecule has 0 unspecified atom stereocenters. The molecule has 0 radical (unpaired) electrons. The predicted octanol–water partition coefficient (Wildman–Crippen LogP) is 2.24. The third-order valence-electron chi connectivity index (χ3n) is 4.97. The van der Waals surface area contributed by atoms with Gasteiger partial charge < -0.3 is 24.1 Å². The lowest BCUT2D eigenvalue weighted by molar-refractivity contribution is 0.00989. The highest BCUT2D eigenvalue weighted by Crippen LogP contribution is 2.14. The van der Waals surface area contributed by atoms with Crippen LogP contribution >= 0.6 is 0 Å². The summed E-state index contributed by atoms with van der Waals surface area (Å²) in [6.07, 6.45) is 5.45. The molecule has 3 rings (SSSR count). The fourth-order valence-electron chi connectivity index (χ4n) is 3.47. The number of ether oxygens (including phenoxy) is 2. The number of fused-ring (bicyclic) bond motifs is 1. The molecule has 7 heteroatoms. The number of rotatable bonds is 7. The lowest BCUT2D eigenvalue weighted by atomic mass is 10.1. The van der Waals surface area contributed by atoms with Crippen molar-refractivity contribution in [1.29, 1.82) is 0 Å². The van der Waals surface area contributed by atoms with E-state index in [0.29, 0.717) is 12.6 Å². The average Bonchev–Trinajstić information content (AvgIpc) is 3.11. The van der Waals surface area contributed by atoms with E-state index in [4.69, 9.17) is 9.47 Å². The smallest absolute Gasteiger partial charge is 0.193 e. The topological polar surface area (TPSA) is 63.4 Å². The number of guanidine groups is 1. The number of pyridine rings is 1. The van der Waals surface area contributed by atoms with Crippen LogP contribution in [0.4, 0.5) is 0 Å². The molecule has 1 aliphatic rings. The Hall–Kier alpha value is -2.12. The summed E-state index contributed by atoms with van der Waals surface area (Å²) in [4.78, 5) is 11.4. The zero-order valence-corrected chi connectivity index (χ0v) is 16.6. The molecular weight excluding hydrogens is 342 g/mol. The first-order valence-electron chi connectivity index (χ1n) is 9.71.